The zero-order chi connectivity index (χ0) is 14.6. The van der Waals surface area contributed by atoms with Crippen molar-refractivity contribution in [1.82, 2.24) is 9.88 Å². The fourth-order valence-electron chi connectivity index (χ4n) is 1.82. The summed E-state index contributed by atoms with van der Waals surface area (Å²) in [5, 5.41) is 1.17. The molecule has 0 saturated carbocycles. The number of nitrogens with zero attached hydrogens (tertiary/aromatic N) is 2. The standard InChI is InChI=1S/C14H23Cl2N3/c1-9(2)13(17)5-6-19(4)8-11-12(15)7-10(3)18-14(11)16/h7,9,13H,5-6,8,17H2,1-4H3. The number of rotatable bonds is 6. The second kappa shape index (κ2) is 7.44. The van der Waals surface area contributed by atoms with Crippen molar-refractivity contribution in [2.24, 2.45) is 11.7 Å². The Balaban J connectivity index is 2.60. The van der Waals surface area contributed by atoms with Crippen molar-refractivity contribution in [2.45, 2.75) is 39.8 Å². The fourth-order valence-corrected chi connectivity index (χ4v) is 2.47. The molecule has 0 aliphatic carbocycles. The molecule has 0 aromatic carbocycles. The van der Waals surface area contributed by atoms with Crippen LogP contribution in [-0.2, 0) is 6.54 Å². The first-order valence-corrected chi connectivity index (χ1v) is 7.32. The largest absolute Gasteiger partial charge is 0.327 e. The van der Waals surface area contributed by atoms with Crippen LogP contribution in [-0.4, -0.2) is 29.5 Å². The highest BCUT2D eigenvalue weighted by molar-refractivity contribution is 6.35. The molecule has 0 amide bonds. The van der Waals surface area contributed by atoms with E-state index < -0.39 is 0 Å². The lowest BCUT2D eigenvalue weighted by molar-refractivity contribution is 0.296. The van der Waals surface area contributed by atoms with E-state index in [2.05, 4.69) is 23.7 Å². The minimum Gasteiger partial charge on any atom is -0.327 e. The molecule has 0 fully saturated rings. The molecule has 0 aliphatic heterocycles. The quantitative estimate of drug-likeness (QED) is 0.818. The maximum Gasteiger partial charge on any atom is 0.135 e. The maximum atomic E-state index is 6.22. The number of aryl methyl sites for hydroxylation is 1. The summed E-state index contributed by atoms with van der Waals surface area (Å²) in [4.78, 5) is 6.41. The van der Waals surface area contributed by atoms with Gasteiger partial charge in [0.15, 0.2) is 0 Å². The number of pyridine rings is 1. The summed E-state index contributed by atoms with van der Waals surface area (Å²) in [6, 6.07) is 2.07. The molecule has 0 aliphatic rings. The molecule has 1 unspecified atom stereocenters. The van der Waals surface area contributed by atoms with Crippen LogP contribution in [0.4, 0.5) is 0 Å². The fraction of sp³-hybridized carbons (Fsp3) is 0.643. The Kier molecular flexibility index (Phi) is 6.54. The van der Waals surface area contributed by atoms with E-state index in [0.29, 0.717) is 22.6 Å². The van der Waals surface area contributed by atoms with E-state index in [9.17, 15) is 0 Å². The van der Waals surface area contributed by atoms with E-state index >= 15 is 0 Å². The molecule has 0 saturated heterocycles. The van der Waals surface area contributed by atoms with Gasteiger partial charge < -0.3 is 10.6 Å². The summed E-state index contributed by atoms with van der Waals surface area (Å²) in [5.74, 6) is 0.501. The van der Waals surface area contributed by atoms with Crippen molar-refractivity contribution in [2.75, 3.05) is 13.6 Å². The zero-order valence-corrected chi connectivity index (χ0v) is 13.6. The van der Waals surface area contributed by atoms with Gasteiger partial charge in [-0.15, -0.1) is 0 Å². The third kappa shape index (κ3) is 5.27. The highest BCUT2D eigenvalue weighted by Crippen LogP contribution is 2.25. The van der Waals surface area contributed by atoms with Gasteiger partial charge in [-0.3, -0.25) is 0 Å². The summed E-state index contributed by atoms with van der Waals surface area (Å²) in [6.07, 6.45) is 0.961. The van der Waals surface area contributed by atoms with E-state index in [4.69, 9.17) is 28.9 Å². The molecular weight excluding hydrogens is 281 g/mol. The summed E-state index contributed by atoms with van der Waals surface area (Å²) in [6.45, 7) is 7.77. The molecule has 19 heavy (non-hydrogen) atoms. The van der Waals surface area contributed by atoms with E-state index in [1.54, 1.807) is 0 Å². The third-order valence-corrected chi connectivity index (χ3v) is 3.93. The average molecular weight is 304 g/mol. The Morgan fingerprint density at radius 2 is 2.00 bits per heavy atom. The minimum atomic E-state index is 0.226. The SMILES string of the molecule is Cc1cc(Cl)c(CN(C)CCC(N)C(C)C)c(Cl)n1. The Morgan fingerprint density at radius 3 is 2.53 bits per heavy atom. The van der Waals surface area contributed by atoms with Gasteiger partial charge in [0.25, 0.3) is 0 Å². The van der Waals surface area contributed by atoms with Crippen LogP contribution < -0.4 is 5.73 Å². The predicted molar refractivity (Wildman–Crippen MR) is 82.8 cm³/mol. The normalized spacial score (nSPS) is 13.3. The second-order valence-corrected chi connectivity index (χ2v) is 6.21. The van der Waals surface area contributed by atoms with Crippen LogP contribution in [0.2, 0.25) is 10.2 Å². The van der Waals surface area contributed by atoms with Gasteiger partial charge in [0.05, 0.1) is 0 Å². The lowest BCUT2D eigenvalue weighted by Gasteiger charge is -2.22. The Labute approximate surface area is 126 Å². The van der Waals surface area contributed by atoms with E-state index in [1.165, 1.54) is 0 Å². The lowest BCUT2D eigenvalue weighted by Crippen LogP contribution is -2.31. The van der Waals surface area contributed by atoms with Gasteiger partial charge in [-0.1, -0.05) is 37.0 Å². The average Bonchev–Trinajstić information content (AvgIpc) is 2.30. The minimum absolute atomic E-state index is 0.226. The first kappa shape index (κ1) is 16.7. The van der Waals surface area contributed by atoms with Gasteiger partial charge in [0.1, 0.15) is 5.15 Å². The van der Waals surface area contributed by atoms with Crippen molar-refractivity contribution < 1.29 is 0 Å². The topological polar surface area (TPSA) is 42.1 Å². The molecule has 108 valence electrons. The second-order valence-electron chi connectivity index (χ2n) is 5.45. The van der Waals surface area contributed by atoms with Crippen LogP contribution in [0.1, 0.15) is 31.5 Å². The van der Waals surface area contributed by atoms with Crippen molar-refractivity contribution >= 4 is 23.2 Å². The smallest absolute Gasteiger partial charge is 0.135 e. The Hall–Kier alpha value is -0.350. The third-order valence-electron chi connectivity index (χ3n) is 3.28. The monoisotopic (exact) mass is 303 g/mol. The highest BCUT2D eigenvalue weighted by Gasteiger charge is 2.13. The van der Waals surface area contributed by atoms with Gasteiger partial charge >= 0.3 is 0 Å². The molecular formula is C14H23Cl2N3. The van der Waals surface area contributed by atoms with Gasteiger partial charge in [-0.05, 0) is 38.9 Å². The van der Waals surface area contributed by atoms with E-state index in [0.717, 1.165) is 24.2 Å². The van der Waals surface area contributed by atoms with E-state index in [1.807, 2.05) is 20.0 Å². The van der Waals surface area contributed by atoms with Crippen LogP contribution in [0.3, 0.4) is 0 Å². The first-order chi connectivity index (χ1) is 8.81. The van der Waals surface area contributed by atoms with Crippen molar-refractivity contribution in [3.8, 4) is 0 Å². The van der Waals surface area contributed by atoms with Gasteiger partial charge in [0.2, 0.25) is 0 Å². The highest BCUT2D eigenvalue weighted by atomic mass is 35.5. The molecule has 1 rings (SSSR count). The van der Waals surface area contributed by atoms with Crippen LogP contribution in [0.15, 0.2) is 6.07 Å². The molecule has 3 nitrogen and oxygen atoms in total. The van der Waals surface area contributed by atoms with Crippen LogP contribution in [0.25, 0.3) is 0 Å². The summed E-state index contributed by atoms with van der Waals surface area (Å²) < 4.78 is 0. The Bertz CT molecular complexity index is 398. The van der Waals surface area contributed by atoms with Gasteiger partial charge in [-0.25, -0.2) is 4.98 Å². The van der Waals surface area contributed by atoms with E-state index in [-0.39, 0.29) is 6.04 Å². The summed E-state index contributed by atoms with van der Waals surface area (Å²) >= 11 is 12.4. The van der Waals surface area contributed by atoms with Crippen LogP contribution in [0, 0.1) is 12.8 Å². The molecule has 0 bridgehead atoms. The number of nitrogens with two attached hydrogens (primary N) is 1. The molecule has 1 aromatic rings. The molecule has 0 spiro atoms. The zero-order valence-electron chi connectivity index (χ0n) is 12.1. The molecule has 1 heterocycles. The lowest BCUT2D eigenvalue weighted by atomic mass is 10.0. The predicted octanol–water partition coefficient (Wildman–Crippen LogP) is 3.50. The van der Waals surface area contributed by atoms with Crippen molar-refractivity contribution in [3.63, 3.8) is 0 Å². The Morgan fingerprint density at radius 1 is 1.37 bits per heavy atom. The number of hydrogen-bond donors (Lipinski definition) is 1. The molecule has 1 aromatic heterocycles. The number of hydrogen-bond acceptors (Lipinski definition) is 3. The van der Waals surface area contributed by atoms with Gasteiger partial charge in [-0.2, -0.15) is 0 Å². The molecule has 1 atom stereocenters. The number of aromatic nitrogens is 1. The maximum absolute atomic E-state index is 6.22. The summed E-state index contributed by atoms with van der Waals surface area (Å²) in [5.41, 5.74) is 7.77. The number of halogens is 2. The molecule has 0 radical (unpaired) electrons. The van der Waals surface area contributed by atoms with Gasteiger partial charge in [0, 0.05) is 28.9 Å². The summed E-state index contributed by atoms with van der Waals surface area (Å²) in [7, 11) is 2.04. The van der Waals surface area contributed by atoms with Crippen molar-refractivity contribution in [1.29, 1.82) is 0 Å². The van der Waals surface area contributed by atoms with Crippen LogP contribution >= 0.6 is 23.2 Å². The molecule has 5 heteroatoms. The van der Waals surface area contributed by atoms with Crippen LogP contribution in [0.5, 0.6) is 0 Å². The molecule has 2 N–H and O–H groups in total. The van der Waals surface area contributed by atoms with Crippen molar-refractivity contribution in [3.05, 3.63) is 27.5 Å². The first-order valence-electron chi connectivity index (χ1n) is 6.57.